The molecule has 1 fully saturated rings. The summed E-state index contributed by atoms with van der Waals surface area (Å²) in [6.07, 6.45) is 2.52. The Morgan fingerprint density at radius 3 is 2.88 bits per heavy atom. The summed E-state index contributed by atoms with van der Waals surface area (Å²) in [6.45, 7) is 3.65. The van der Waals surface area contributed by atoms with Gasteiger partial charge < -0.3 is 10.5 Å². The van der Waals surface area contributed by atoms with Crippen LogP contribution in [0, 0.1) is 6.92 Å². The Hall–Kier alpha value is -1.40. The first-order valence-electron chi connectivity index (χ1n) is 5.76. The number of nitrogens with one attached hydrogen (secondary N) is 1. The average Bonchev–Trinajstić information content (AvgIpc) is 2.65. The van der Waals surface area contributed by atoms with Gasteiger partial charge in [0, 0.05) is 24.2 Å². The molecule has 6 nitrogen and oxygen atoms in total. The molecule has 1 aliphatic rings. The van der Waals surface area contributed by atoms with Gasteiger partial charge in [-0.15, -0.1) is 0 Å². The number of aromatic nitrogens is 2. The predicted octanol–water partition coefficient (Wildman–Crippen LogP) is -0.130. The van der Waals surface area contributed by atoms with Crippen molar-refractivity contribution in [1.29, 1.82) is 0 Å². The van der Waals surface area contributed by atoms with Crippen molar-refractivity contribution in [2.75, 3.05) is 0 Å². The van der Waals surface area contributed by atoms with Crippen molar-refractivity contribution in [3.8, 4) is 0 Å². The highest BCUT2D eigenvalue weighted by Gasteiger charge is 2.33. The molecule has 1 aromatic rings. The minimum Gasteiger partial charge on any atom is -0.353 e. The third kappa shape index (κ3) is 2.18. The summed E-state index contributed by atoms with van der Waals surface area (Å²) < 4.78 is 7.11. The molecule has 3 atom stereocenters. The maximum atomic E-state index is 11.7. The van der Waals surface area contributed by atoms with E-state index in [0.717, 1.165) is 6.42 Å². The topological polar surface area (TPSA) is 90.1 Å². The van der Waals surface area contributed by atoms with E-state index in [1.807, 2.05) is 6.92 Å². The van der Waals surface area contributed by atoms with Crippen molar-refractivity contribution in [2.24, 2.45) is 5.73 Å². The Morgan fingerprint density at radius 2 is 2.29 bits per heavy atom. The summed E-state index contributed by atoms with van der Waals surface area (Å²) in [5.74, 6) is 0. The number of hydrogen-bond acceptors (Lipinski definition) is 4. The minimum absolute atomic E-state index is 0.0286. The van der Waals surface area contributed by atoms with E-state index < -0.39 is 5.69 Å². The lowest BCUT2D eigenvalue weighted by Crippen LogP contribution is -2.33. The minimum atomic E-state index is -0.449. The number of hydrogen-bond donors (Lipinski definition) is 2. The first-order chi connectivity index (χ1) is 8.02. The van der Waals surface area contributed by atoms with Crippen molar-refractivity contribution in [3.05, 3.63) is 32.6 Å². The van der Waals surface area contributed by atoms with E-state index in [1.54, 1.807) is 6.92 Å². The van der Waals surface area contributed by atoms with Crippen molar-refractivity contribution >= 4 is 0 Å². The normalized spacial score (nSPS) is 28.5. The van der Waals surface area contributed by atoms with Gasteiger partial charge in [-0.3, -0.25) is 14.3 Å². The van der Waals surface area contributed by atoms with Crippen molar-refractivity contribution in [1.82, 2.24) is 9.55 Å². The standard InChI is InChI=1S/C11H17N3O3/c1-3-8-7(12)4-9(17-8)14-5-6(2)10(15)13-11(14)16/h5,7-9H,3-4,12H2,1-2H3,(H,13,15,16)/t7?,8-,9-/m1/s1. The van der Waals surface area contributed by atoms with Gasteiger partial charge in [-0.1, -0.05) is 6.92 Å². The van der Waals surface area contributed by atoms with Gasteiger partial charge in [0.25, 0.3) is 5.56 Å². The van der Waals surface area contributed by atoms with Crippen LogP contribution in [0.5, 0.6) is 0 Å². The fraction of sp³-hybridized carbons (Fsp3) is 0.636. The van der Waals surface area contributed by atoms with E-state index >= 15 is 0 Å². The van der Waals surface area contributed by atoms with Crippen LogP contribution in [-0.2, 0) is 4.74 Å². The molecule has 0 radical (unpaired) electrons. The zero-order valence-corrected chi connectivity index (χ0v) is 9.97. The van der Waals surface area contributed by atoms with Crippen LogP contribution in [0.25, 0.3) is 0 Å². The lowest BCUT2D eigenvalue weighted by molar-refractivity contribution is -0.00420. The molecule has 0 aromatic carbocycles. The molecule has 1 saturated heterocycles. The number of nitrogens with zero attached hydrogens (tertiary/aromatic N) is 1. The van der Waals surface area contributed by atoms with Gasteiger partial charge in [-0.05, 0) is 13.3 Å². The predicted molar refractivity (Wildman–Crippen MR) is 62.9 cm³/mol. The number of nitrogens with two attached hydrogens (primary N) is 1. The second kappa shape index (κ2) is 4.46. The van der Waals surface area contributed by atoms with Crippen LogP contribution in [0.1, 0.15) is 31.6 Å². The van der Waals surface area contributed by atoms with Gasteiger partial charge in [-0.2, -0.15) is 0 Å². The van der Waals surface area contributed by atoms with Gasteiger partial charge in [0.2, 0.25) is 0 Å². The highest BCUT2D eigenvalue weighted by molar-refractivity contribution is 5.02. The fourth-order valence-electron chi connectivity index (χ4n) is 2.12. The Balaban J connectivity index is 2.34. The van der Waals surface area contributed by atoms with Crippen LogP contribution in [0.3, 0.4) is 0 Å². The molecule has 1 aliphatic heterocycles. The van der Waals surface area contributed by atoms with Crippen LogP contribution in [-0.4, -0.2) is 21.7 Å². The van der Waals surface area contributed by atoms with Crippen LogP contribution >= 0.6 is 0 Å². The molecule has 0 saturated carbocycles. The molecule has 0 spiro atoms. The van der Waals surface area contributed by atoms with Crippen LogP contribution < -0.4 is 17.0 Å². The molecule has 0 aliphatic carbocycles. The highest BCUT2D eigenvalue weighted by Crippen LogP contribution is 2.27. The Kier molecular flexibility index (Phi) is 3.17. The fourth-order valence-corrected chi connectivity index (χ4v) is 2.12. The summed E-state index contributed by atoms with van der Waals surface area (Å²) in [5.41, 5.74) is 5.60. The third-order valence-corrected chi connectivity index (χ3v) is 3.14. The van der Waals surface area contributed by atoms with Gasteiger partial charge in [0.15, 0.2) is 0 Å². The maximum Gasteiger partial charge on any atom is 0.330 e. The zero-order valence-electron chi connectivity index (χ0n) is 9.97. The first-order valence-corrected chi connectivity index (χ1v) is 5.76. The van der Waals surface area contributed by atoms with Gasteiger partial charge in [-0.25, -0.2) is 4.79 Å². The second-order valence-corrected chi connectivity index (χ2v) is 4.42. The molecule has 3 N–H and O–H groups in total. The quantitative estimate of drug-likeness (QED) is 0.752. The molecular formula is C11H17N3O3. The SMILES string of the molecule is CC[C@H]1O[C@@H](n2cc(C)c(=O)[nH]c2=O)CC1N. The molecule has 6 heteroatoms. The van der Waals surface area contributed by atoms with E-state index in [1.165, 1.54) is 10.8 Å². The van der Waals surface area contributed by atoms with E-state index in [-0.39, 0.29) is 23.9 Å². The molecular weight excluding hydrogens is 222 g/mol. The van der Waals surface area contributed by atoms with Crippen LogP contribution in [0.4, 0.5) is 0 Å². The van der Waals surface area contributed by atoms with Gasteiger partial charge in [0.05, 0.1) is 6.10 Å². The van der Waals surface area contributed by atoms with Crippen LogP contribution in [0.2, 0.25) is 0 Å². The second-order valence-electron chi connectivity index (χ2n) is 4.42. The molecule has 2 heterocycles. The Bertz CT molecular complexity index is 519. The molecule has 1 unspecified atom stereocenters. The smallest absolute Gasteiger partial charge is 0.330 e. The van der Waals surface area contributed by atoms with Crippen LogP contribution in [0.15, 0.2) is 15.8 Å². The number of aryl methyl sites for hydroxylation is 1. The molecule has 17 heavy (non-hydrogen) atoms. The number of H-pyrrole nitrogens is 1. The molecule has 0 amide bonds. The number of rotatable bonds is 2. The lowest BCUT2D eigenvalue weighted by atomic mass is 10.1. The van der Waals surface area contributed by atoms with Crippen molar-refractivity contribution in [2.45, 2.75) is 45.1 Å². The number of ether oxygens (including phenoxy) is 1. The molecule has 94 valence electrons. The first kappa shape index (κ1) is 12.1. The third-order valence-electron chi connectivity index (χ3n) is 3.14. The molecule has 2 rings (SSSR count). The zero-order chi connectivity index (χ0) is 12.6. The summed E-state index contributed by atoms with van der Waals surface area (Å²) >= 11 is 0. The number of aromatic amines is 1. The summed E-state index contributed by atoms with van der Waals surface area (Å²) in [5, 5.41) is 0. The van der Waals surface area contributed by atoms with Gasteiger partial charge in [0.1, 0.15) is 6.23 Å². The Labute approximate surface area is 98.4 Å². The largest absolute Gasteiger partial charge is 0.353 e. The van der Waals surface area contributed by atoms with E-state index in [2.05, 4.69) is 4.98 Å². The molecule has 0 bridgehead atoms. The van der Waals surface area contributed by atoms with E-state index in [0.29, 0.717) is 12.0 Å². The summed E-state index contributed by atoms with van der Waals surface area (Å²) in [4.78, 5) is 25.2. The highest BCUT2D eigenvalue weighted by atomic mass is 16.5. The van der Waals surface area contributed by atoms with E-state index in [4.69, 9.17) is 10.5 Å². The summed E-state index contributed by atoms with van der Waals surface area (Å²) in [6, 6.07) is -0.0656. The lowest BCUT2D eigenvalue weighted by Gasteiger charge is -2.15. The molecule has 1 aromatic heterocycles. The Morgan fingerprint density at radius 1 is 1.59 bits per heavy atom. The van der Waals surface area contributed by atoms with E-state index in [9.17, 15) is 9.59 Å². The average molecular weight is 239 g/mol. The maximum absolute atomic E-state index is 11.7. The van der Waals surface area contributed by atoms with Gasteiger partial charge >= 0.3 is 5.69 Å². The van der Waals surface area contributed by atoms with Crippen molar-refractivity contribution in [3.63, 3.8) is 0 Å². The summed E-state index contributed by atoms with van der Waals surface area (Å²) in [7, 11) is 0. The van der Waals surface area contributed by atoms with Crippen molar-refractivity contribution < 1.29 is 4.74 Å². The monoisotopic (exact) mass is 239 g/mol.